The van der Waals surface area contributed by atoms with Crippen LogP contribution >= 0.6 is 11.8 Å². The van der Waals surface area contributed by atoms with Crippen molar-refractivity contribution in [2.45, 2.75) is 31.8 Å². The first kappa shape index (κ1) is 12.7. The lowest BCUT2D eigenvalue weighted by atomic mass is 10.1. The summed E-state index contributed by atoms with van der Waals surface area (Å²) >= 11 is 1.36. The molecule has 2 heterocycles. The van der Waals surface area contributed by atoms with Crippen LogP contribution in [0.2, 0.25) is 0 Å². The molecule has 96 valence electrons. The molecule has 0 bridgehead atoms. The number of thioether (sulfide) groups is 1. The van der Waals surface area contributed by atoms with E-state index in [1.54, 1.807) is 6.92 Å². The minimum Gasteiger partial charge on any atom is -0.394 e. The van der Waals surface area contributed by atoms with E-state index >= 15 is 0 Å². The molecule has 17 heavy (non-hydrogen) atoms. The summed E-state index contributed by atoms with van der Waals surface area (Å²) in [7, 11) is 0. The average Bonchev–Trinajstić information content (AvgIpc) is 2.35. The number of aliphatic hydroxyl groups excluding tert-OH is 1. The molecule has 0 saturated carbocycles. The second-order valence-electron chi connectivity index (χ2n) is 4.50. The molecular formula is C11H19N3O2S. The smallest absolute Gasteiger partial charge is 0.194 e. The molecule has 2 N–H and O–H groups in total. The first-order valence-electron chi connectivity index (χ1n) is 6.02. The monoisotopic (exact) mass is 257 g/mol. The minimum atomic E-state index is 0.0351. The molecule has 1 saturated heterocycles. The second kappa shape index (κ2) is 5.73. The number of hydrogen-bond donors (Lipinski definition) is 2. The van der Waals surface area contributed by atoms with Crippen LogP contribution in [0.4, 0.5) is 0 Å². The first-order chi connectivity index (χ1) is 8.19. The van der Waals surface area contributed by atoms with Gasteiger partial charge in [0, 0.05) is 31.8 Å². The van der Waals surface area contributed by atoms with Crippen LogP contribution in [0.5, 0.6) is 0 Å². The van der Waals surface area contributed by atoms with E-state index in [4.69, 9.17) is 5.11 Å². The molecule has 2 rings (SSSR count). The maximum atomic E-state index is 10.9. The highest BCUT2D eigenvalue weighted by molar-refractivity contribution is 8.13. The average molecular weight is 257 g/mol. The van der Waals surface area contributed by atoms with Crippen LogP contribution in [0.3, 0.4) is 0 Å². The molecule has 2 aliphatic heterocycles. The highest BCUT2D eigenvalue weighted by Gasteiger charge is 2.27. The molecule has 2 aliphatic rings. The Morgan fingerprint density at radius 2 is 2.35 bits per heavy atom. The molecule has 0 radical (unpaired) electrons. The SMILES string of the molecule is CC(=O)SC[C@H]1CCN2CC[C@H](CO)N=C2N1. The fourth-order valence-corrected chi connectivity index (χ4v) is 2.80. The van der Waals surface area contributed by atoms with Crippen molar-refractivity contribution < 1.29 is 9.90 Å². The van der Waals surface area contributed by atoms with Crippen molar-refractivity contribution in [1.29, 1.82) is 0 Å². The zero-order chi connectivity index (χ0) is 12.3. The van der Waals surface area contributed by atoms with Gasteiger partial charge in [-0.1, -0.05) is 11.8 Å². The maximum absolute atomic E-state index is 10.9. The van der Waals surface area contributed by atoms with E-state index < -0.39 is 0 Å². The molecule has 0 aromatic rings. The maximum Gasteiger partial charge on any atom is 0.194 e. The zero-order valence-corrected chi connectivity index (χ0v) is 10.9. The van der Waals surface area contributed by atoms with Crippen LogP contribution in [0.25, 0.3) is 0 Å². The van der Waals surface area contributed by atoms with Crippen molar-refractivity contribution in [2.24, 2.45) is 4.99 Å². The van der Waals surface area contributed by atoms with E-state index in [0.29, 0.717) is 6.04 Å². The summed E-state index contributed by atoms with van der Waals surface area (Å²) in [6.45, 7) is 3.67. The fourth-order valence-electron chi connectivity index (χ4n) is 2.12. The van der Waals surface area contributed by atoms with Crippen molar-refractivity contribution in [3.63, 3.8) is 0 Å². The van der Waals surface area contributed by atoms with Gasteiger partial charge in [0.05, 0.1) is 12.6 Å². The summed E-state index contributed by atoms with van der Waals surface area (Å²) < 4.78 is 0. The molecule has 0 aromatic heterocycles. The number of fused-ring (bicyclic) bond motifs is 1. The number of nitrogens with zero attached hydrogens (tertiary/aromatic N) is 2. The van der Waals surface area contributed by atoms with Crippen molar-refractivity contribution in [2.75, 3.05) is 25.4 Å². The van der Waals surface area contributed by atoms with Crippen LogP contribution in [0.15, 0.2) is 4.99 Å². The molecule has 6 heteroatoms. The normalized spacial score (nSPS) is 28.1. The number of carbonyl (C=O) groups excluding carboxylic acids is 1. The highest BCUT2D eigenvalue weighted by Crippen LogP contribution is 2.16. The van der Waals surface area contributed by atoms with Gasteiger partial charge in [-0.2, -0.15) is 0 Å². The summed E-state index contributed by atoms with van der Waals surface area (Å²) in [5.41, 5.74) is 0. The van der Waals surface area contributed by atoms with Gasteiger partial charge in [0.2, 0.25) is 0 Å². The van der Waals surface area contributed by atoms with E-state index in [1.807, 2.05) is 0 Å². The highest BCUT2D eigenvalue weighted by atomic mass is 32.2. The Labute approximate surface area is 106 Å². The van der Waals surface area contributed by atoms with Gasteiger partial charge in [-0.25, -0.2) is 4.99 Å². The summed E-state index contributed by atoms with van der Waals surface area (Å²) in [6.07, 6.45) is 1.97. The van der Waals surface area contributed by atoms with Gasteiger partial charge in [0.25, 0.3) is 0 Å². The van der Waals surface area contributed by atoms with Gasteiger partial charge in [0.1, 0.15) is 0 Å². The Morgan fingerprint density at radius 3 is 3.06 bits per heavy atom. The van der Waals surface area contributed by atoms with Gasteiger partial charge in [0.15, 0.2) is 11.1 Å². The molecular weight excluding hydrogens is 238 g/mol. The Balaban J connectivity index is 1.91. The number of aliphatic imine (C=N–C) groups is 1. The number of aliphatic hydroxyl groups is 1. The number of nitrogens with one attached hydrogen (secondary N) is 1. The van der Waals surface area contributed by atoms with Crippen molar-refractivity contribution in [3.8, 4) is 0 Å². The first-order valence-corrected chi connectivity index (χ1v) is 7.01. The minimum absolute atomic E-state index is 0.0351. The van der Waals surface area contributed by atoms with Crippen LogP contribution in [-0.2, 0) is 4.79 Å². The second-order valence-corrected chi connectivity index (χ2v) is 5.69. The molecule has 0 spiro atoms. The topological polar surface area (TPSA) is 64.9 Å². The van der Waals surface area contributed by atoms with Crippen LogP contribution in [-0.4, -0.2) is 58.6 Å². The van der Waals surface area contributed by atoms with Crippen molar-refractivity contribution >= 4 is 22.8 Å². The molecule has 0 unspecified atom stereocenters. The van der Waals surface area contributed by atoms with Gasteiger partial charge in [-0.15, -0.1) is 0 Å². The summed E-state index contributed by atoms with van der Waals surface area (Å²) in [5, 5.41) is 12.6. The number of guanidine groups is 1. The van der Waals surface area contributed by atoms with Crippen molar-refractivity contribution in [1.82, 2.24) is 10.2 Å². The lowest BCUT2D eigenvalue weighted by molar-refractivity contribution is -0.109. The Bertz CT molecular complexity index is 322. The molecule has 0 aromatic carbocycles. The standard InChI is InChI=1S/C11H19N3O2S/c1-8(16)17-7-10-3-5-14-4-2-9(6-15)12-11(14)13-10/h9-10,15H,2-7H2,1H3,(H,12,13)/t9-,10-/m1/s1. The van der Waals surface area contributed by atoms with E-state index in [0.717, 1.165) is 37.6 Å². The Kier molecular flexibility index (Phi) is 4.28. The van der Waals surface area contributed by atoms with Gasteiger partial charge < -0.3 is 15.3 Å². The number of rotatable bonds is 3. The number of hydrogen-bond acceptors (Lipinski definition) is 6. The van der Waals surface area contributed by atoms with Crippen LogP contribution in [0.1, 0.15) is 19.8 Å². The van der Waals surface area contributed by atoms with Crippen LogP contribution in [0, 0.1) is 0 Å². The third-order valence-electron chi connectivity index (χ3n) is 3.12. The molecule has 1 fully saturated rings. The quantitative estimate of drug-likeness (QED) is 0.748. The third kappa shape index (κ3) is 3.35. The van der Waals surface area contributed by atoms with Crippen LogP contribution < -0.4 is 5.32 Å². The lowest BCUT2D eigenvalue weighted by Gasteiger charge is -2.39. The lowest BCUT2D eigenvalue weighted by Crippen LogP contribution is -2.56. The predicted octanol–water partition coefficient (Wildman–Crippen LogP) is 0.0506. The molecule has 2 atom stereocenters. The zero-order valence-electron chi connectivity index (χ0n) is 10.1. The summed E-state index contributed by atoms with van der Waals surface area (Å²) in [4.78, 5) is 17.6. The summed E-state index contributed by atoms with van der Waals surface area (Å²) in [5.74, 6) is 1.70. The van der Waals surface area contributed by atoms with E-state index in [2.05, 4.69) is 15.2 Å². The van der Waals surface area contributed by atoms with E-state index in [-0.39, 0.29) is 17.8 Å². The Morgan fingerprint density at radius 1 is 1.59 bits per heavy atom. The number of carbonyl (C=O) groups is 1. The van der Waals surface area contributed by atoms with Gasteiger partial charge >= 0.3 is 0 Å². The summed E-state index contributed by atoms with van der Waals surface area (Å²) in [6, 6.07) is 0.351. The molecule has 0 aliphatic carbocycles. The Hall–Kier alpha value is -0.750. The van der Waals surface area contributed by atoms with Gasteiger partial charge in [-0.3, -0.25) is 4.79 Å². The largest absolute Gasteiger partial charge is 0.394 e. The predicted molar refractivity (Wildman–Crippen MR) is 69.2 cm³/mol. The third-order valence-corrected chi connectivity index (χ3v) is 4.09. The molecule has 0 amide bonds. The van der Waals surface area contributed by atoms with Crippen molar-refractivity contribution in [3.05, 3.63) is 0 Å². The fraction of sp³-hybridized carbons (Fsp3) is 0.818. The van der Waals surface area contributed by atoms with E-state index in [1.165, 1.54) is 11.8 Å². The van der Waals surface area contributed by atoms with E-state index in [9.17, 15) is 4.79 Å². The van der Waals surface area contributed by atoms with Gasteiger partial charge in [-0.05, 0) is 12.8 Å². The molecule has 5 nitrogen and oxygen atoms in total.